The van der Waals surface area contributed by atoms with Gasteiger partial charge in [-0.3, -0.25) is 4.98 Å². The molecule has 0 aromatic carbocycles. The first-order valence-electron chi connectivity index (χ1n) is 5.46. The van der Waals surface area contributed by atoms with Crippen LogP contribution in [-0.2, 0) is 11.8 Å². The minimum absolute atomic E-state index is 0.173. The molecule has 2 nitrogen and oxygen atoms in total. The molecule has 0 N–H and O–H groups in total. The van der Waals surface area contributed by atoms with E-state index in [1.54, 1.807) is 0 Å². The van der Waals surface area contributed by atoms with Crippen LogP contribution in [0.4, 0.5) is 0 Å². The van der Waals surface area contributed by atoms with Crippen LogP contribution < -0.4 is 0 Å². The van der Waals surface area contributed by atoms with Crippen LogP contribution in [0, 0.1) is 18.3 Å². The van der Waals surface area contributed by atoms with Crippen molar-refractivity contribution in [3.8, 4) is 6.07 Å². The fourth-order valence-electron chi connectivity index (χ4n) is 2.38. The van der Waals surface area contributed by atoms with Crippen molar-refractivity contribution in [2.75, 3.05) is 0 Å². The summed E-state index contributed by atoms with van der Waals surface area (Å²) in [6.07, 6.45) is 3.47. The molecule has 0 fully saturated rings. The molecule has 0 amide bonds. The molecule has 1 aromatic heterocycles. The van der Waals surface area contributed by atoms with Crippen molar-refractivity contribution in [2.24, 2.45) is 0 Å². The van der Waals surface area contributed by atoms with Crippen molar-refractivity contribution in [3.05, 3.63) is 28.6 Å². The van der Waals surface area contributed by atoms with E-state index in [9.17, 15) is 0 Å². The molecule has 0 spiro atoms. The van der Waals surface area contributed by atoms with Gasteiger partial charge in [0.15, 0.2) is 0 Å². The van der Waals surface area contributed by atoms with Crippen LogP contribution in [0.3, 0.4) is 0 Å². The van der Waals surface area contributed by atoms with Gasteiger partial charge in [-0.05, 0) is 37.8 Å². The molecular formula is C13H16N2. The molecule has 0 aliphatic heterocycles. The van der Waals surface area contributed by atoms with Gasteiger partial charge in [0.25, 0.3) is 0 Å². The summed E-state index contributed by atoms with van der Waals surface area (Å²) in [6.45, 7) is 6.40. The zero-order chi connectivity index (χ0) is 11.1. The highest BCUT2D eigenvalue weighted by Gasteiger charge is 2.29. The third kappa shape index (κ3) is 1.63. The maximum absolute atomic E-state index is 8.96. The Balaban J connectivity index is 2.61. The summed E-state index contributed by atoms with van der Waals surface area (Å²) in [5.41, 5.74) is 4.24. The average Bonchev–Trinajstić information content (AvgIpc) is 2.18. The first-order chi connectivity index (χ1) is 7.04. The van der Waals surface area contributed by atoms with Crippen LogP contribution in [0.5, 0.6) is 0 Å². The Labute approximate surface area is 91.0 Å². The quantitative estimate of drug-likeness (QED) is 0.645. The molecule has 0 unspecified atom stereocenters. The van der Waals surface area contributed by atoms with E-state index in [1.165, 1.54) is 24.1 Å². The van der Waals surface area contributed by atoms with E-state index in [2.05, 4.69) is 24.9 Å². The van der Waals surface area contributed by atoms with Gasteiger partial charge < -0.3 is 0 Å². The largest absolute Gasteiger partial charge is 0.256 e. The number of nitriles is 1. The number of nitrogens with zero attached hydrogens (tertiary/aromatic N) is 2. The van der Waals surface area contributed by atoms with Crippen LogP contribution in [0.15, 0.2) is 6.07 Å². The number of hydrogen-bond donors (Lipinski definition) is 0. The molecule has 2 heteroatoms. The molecule has 1 aliphatic carbocycles. The molecule has 0 bridgehead atoms. The highest BCUT2D eigenvalue weighted by atomic mass is 14.7. The van der Waals surface area contributed by atoms with Crippen LogP contribution >= 0.6 is 0 Å². The van der Waals surface area contributed by atoms with Crippen LogP contribution in [0.25, 0.3) is 0 Å². The highest BCUT2D eigenvalue weighted by Crippen LogP contribution is 2.35. The van der Waals surface area contributed by atoms with Gasteiger partial charge in [-0.2, -0.15) is 5.26 Å². The van der Waals surface area contributed by atoms with E-state index >= 15 is 0 Å². The number of pyridine rings is 1. The maximum Gasteiger partial charge on any atom is 0.101 e. The lowest BCUT2D eigenvalue weighted by atomic mass is 9.75. The van der Waals surface area contributed by atoms with E-state index in [4.69, 9.17) is 5.26 Å². The number of rotatable bonds is 0. The number of aryl methyl sites for hydroxylation is 2. The van der Waals surface area contributed by atoms with Gasteiger partial charge in [-0.15, -0.1) is 0 Å². The van der Waals surface area contributed by atoms with E-state index in [-0.39, 0.29) is 5.41 Å². The third-order valence-electron chi connectivity index (χ3n) is 3.30. The zero-order valence-electron chi connectivity index (χ0n) is 9.59. The Morgan fingerprint density at radius 3 is 2.87 bits per heavy atom. The molecule has 1 heterocycles. The summed E-state index contributed by atoms with van der Waals surface area (Å²) >= 11 is 0. The Morgan fingerprint density at radius 1 is 1.47 bits per heavy atom. The molecule has 2 rings (SSSR count). The fraction of sp³-hybridized carbons (Fsp3) is 0.538. The normalized spacial score (nSPS) is 18.0. The van der Waals surface area contributed by atoms with Crippen molar-refractivity contribution < 1.29 is 0 Å². The Hall–Kier alpha value is -1.36. The average molecular weight is 200 g/mol. The first kappa shape index (κ1) is 10.2. The second-order valence-electron chi connectivity index (χ2n) is 4.98. The molecule has 78 valence electrons. The van der Waals surface area contributed by atoms with Gasteiger partial charge >= 0.3 is 0 Å². The number of fused-ring (bicyclic) bond motifs is 1. The molecular weight excluding hydrogens is 184 g/mol. The molecule has 0 atom stereocenters. The van der Waals surface area contributed by atoms with Gasteiger partial charge in [0.05, 0.1) is 11.3 Å². The molecule has 1 aliphatic rings. The smallest absolute Gasteiger partial charge is 0.101 e. The maximum atomic E-state index is 8.96. The standard InChI is InChI=1S/C13H16N2/c1-9-11(8-14)7-10-5-4-6-13(2,3)12(10)15-9/h7H,4-6H2,1-3H3. The Kier molecular flexibility index (Phi) is 2.26. The minimum atomic E-state index is 0.173. The van der Waals surface area contributed by atoms with Gasteiger partial charge in [0.1, 0.15) is 6.07 Å². The Bertz CT molecular complexity index is 439. The second-order valence-corrected chi connectivity index (χ2v) is 4.98. The fourth-order valence-corrected chi connectivity index (χ4v) is 2.38. The molecule has 1 aromatic rings. The van der Waals surface area contributed by atoms with Crippen molar-refractivity contribution in [1.82, 2.24) is 4.98 Å². The summed E-state index contributed by atoms with van der Waals surface area (Å²) in [7, 11) is 0. The third-order valence-corrected chi connectivity index (χ3v) is 3.30. The Morgan fingerprint density at radius 2 is 2.20 bits per heavy atom. The molecule has 0 radical (unpaired) electrons. The molecule has 15 heavy (non-hydrogen) atoms. The van der Waals surface area contributed by atoms with Gasteiger partial charge in [-0.25, -0.2) is 0 Å². The van der Waals surface area contributed by atoms with E-state index in [0.717, 1.165) is 17.7 Å². The second kappa shape index (κ2) is 3.34. The first-order valence-corrected chi connectivity index (χ1v) is 5.46. The predicted octanol–water partition coefficient (Wildman–Crippen LogP) is 2.88. The van der Waals surface area contributed by atoms with Crippen molar-refractivity contribution in [2.45, 2.75) is 45.4 Å². The summed E-state index contributed by atoms with van der Waals surface area (Å²) in [6, 6.07) is 4.24. The van der Waals surface area contributed by atoms with Crippen molar-refractivity contribution in [1.29, 1.82) is 5.26 Å². The van der Waals surface area contributed by atoms with Crippen molar-refractivity contribution in [3.63, 3.8) is 0 Å². The van der Waals surface area contributed by atoms with E-state index < -0.39 is 0 Å². The van der Waals surface area contributed by atoms with Crippen molar-refractivity contribution >= 4 is 0 Å². The lowest BCUT2D eigenvalue weighted by molar-refractivity contribution is 0.417. The van der Waals surface area contributed by atoms with Gasteiger partial charge in [-0.1, -0.05) is 13.8 Å². The van der Waals surface area contributed by atoms with Gasteiger partial charge in [0.2, 0.25) is 0 Å². The minimum Gasteiger partial charge on any atom is -0.256 e. The van der Waals surface area contributed by atoms with Crippen LogP contribution in [-0.4, -0.2) is 4.98 Å². The predicted molar refractivity (Wildman–Crippen MR) is 59.7 cm³/mol. The molecule has 0 saturated heterocycles. The SMILES string of the molecule is Cc1nc2c(cc1C#N)CCCC2(C)C. The lowest BCUT2D eigenvalue weighted by Crippen LogP contribution is -2.26. The summed E-state index contributed by atoms with van der Waals surface area (Å²) in [4.78, 5) is 4.61. The van der Waals surface area contributed by atoms with Crippen LogP contribution in [0.1, 0.15) is 49.2 Å². The van der Waals surface area contributed by atoms with Gasteiger partial charge in [0, 0.05) is 11.1 Å². The summed E-state index contributed by atoms with van der Waals surface area (Å²) < 4.78 is 0. The van der Waals surface area contributed by atoms with E-state index in [0.29, 0.717) is 0 Å². The number of aromatic nitrogens is 1. The summed E-state index contributed by atoms with van der Waals surface area (Å²) in [5.74, 6) is 0. The van der Waals surface area contributed by atoms with Crippen LogP contribution in [0.2, 0.25) is 0 Å². The molecule has 0 saturated carbocycles. The van der Waals surface area contributed by atoms with E-state index in [1.807, 2.05) is 13.0 Å². The zero-order valence-corrected chi connectivity index (χ0v) is 9.59. The topological polar surface area (TPSA) is 36.7 Å². The monoisotopic (exact) mass is 200 g/mol. The number of hydrogen-bond acceptors (Lipinski definition) is 2. The summed E-state index contributed by atoms with van der Waals surface area (Å²) in [5, 5.41) is 8.96. The highest BCUT2D eigenvalue weighted by molar-refractivity contribution is 5.41. The lowest BCUT2D eigenvalue weighted by Gasteiger charge is -2.31.